The Kier molecular flexibility index (Phi) is 3.24. The average molecular weight is 335 g/mol. The van der Waals surface area contributed by atoms with Gasteiger partial charge in [0, 0.05) is 24.4 Å². The summed E-state index contributed by atoms with van der Waals surface area (Å²) in [4.78, 5) is 23.9. The number of amides is 1. The van der Waals surface area contributed by atoms with Gasteiger partial charge in [0.05, 0.1) is 5.41 Å². The molecule has 128 valence electrons. The van der Waals surface area contributed by atoms with Crippen molar-refractivity contribution in [2.75, 3.05) is 0 Å². The largest absolute Gasteiger partial charge is 0.481 e. The van der Waals surface area contributed by atoms with Crippen LogP contribution in [-0.4, -0.2) is 28.9 Å². The van der Waals surface area contributed by atoms with E-state index < -0.39 is 17.3 Å². The topological polar surface area (TPSA) is 66.4 Å². The molecule has 3 unspecified atom stereocenters. The smallest absolute Gasteiger partial charge is 0.312 e. The van der Waals surface area contributed by atoms with Crippen LogP contribution in [0.25, 0.3) is 0 Å². The highest BCUT2D eigenvalue weighted by Crippen LogP contribution is 2.63. The average Bonchev–Trinajstić information content (AvgIpc) is 3.16. The van der Waals surface area contributed by atoms with Crippen LogP contribution in [0.5, 0.6) is 0 Å². The third-order valence-corrected chi connectivity index (χ3v) is 6.02. The molecule has 2 N–H and O–H groups in total. The highest BCUT2D eigenvalue weighted by atomic mass is 19.3. The molecule has 1 amide bonds. The SMILES string of the molecule is O=C(NC1CCC2CC21C(=O)O)c1ccc(C2CC(F)(F)C2)cc1. The van der Waals surface area contributed by atoms with Gasteiger partial charge in [-0.25, -0.2) is 8.78 Å². The van der Waals surface area contributed by atoms with E-state index in [2.05, 4.69) is 5.32 Å². The summed E-state index contributed by atoms with van der Waals surface area (Å²) in [6.07, 6.45) is 1.90. The number of halogens is 2. The Labute approximate surface area is 138 Å². The Balaban J connectivity index is 1.41. The quantitative estimate of drug-likeness (QED) is 0.888. The van der Waals surface area contributed by atoms with E-state index in [1.807, 2.05) is 0 Å². The monoisotopic (exact) mass is 335 g/mol. The fourth-order valence-corrected chi connectivity index (χ4v) is 4.42. The van der Waals surface area contributed by atoms with Crippen molar-refractivity contribution < 1.29 is 23.5 Å². The zero-order chi connectivity index (χ0) is 17.1. The molecule has 24 heavy (non-hydrogen) atoms. The summed E-state index contributed by atoms with van der Waals surface area (Å²) < 4.78 is 25.9. The molecule has 1 aromatic carbocycles. The summed E-state index contributed by atoms with van der Waals surface area (Å²) in [7, 11) is 0. The predicted octanol–water partition coefficient (Wildman–Crippen LogP) is 3.18. The molecule has 0 aromatic heterocycles. The molecule has 4 rings (SSSR count). The van der Waals surface area contributed by atoms with Crippen LogP contribution in [0.1, 0.15) is 53.9 Å². The van der Waals surface area contributed by atoms with E-state index in [0.29, 0.717) is 18.4 Å². The van der Waals surface area contributed by atoms with Crippen LogP contribution in [0.15, 0.2) is 24.3 Å². The number of carboxylic acid groups (broad SMARTS) is 1. The summed E-state index contributed by atoms with van der Waals surface area (Å²) in [5.41, 5.74) is 0.490. The Morgan fingerprint density at radius 3 is 2.29 bits per heavy atom. The van der Waals surface area contributed by atoms with E-state index in [9.17, 15) is 23.5 Å². The maximum Gasteiger partial charge on any atom is 0.312 e. The third-order valence-electron chi connectivity index (χ3n) is 6.02. The van der Waals surface area contributed by atoms with Gasteiger partial charge in [0.15, 0.2) is 0 Å². The first-order valence-corrected chi connectivity index (χ1v) is 8.34. The molecule has 4 nitrogen and oxygen atoms in total. The summed E-state index contributed by atoms with van der Waals surface area (Å²) in [5, 5.41) is 12.3. The predicted molar refractivity (Wildman–Crippen MR) is 82.0 cm³/mol. The van der Waals surface area contributed by atoms with Crippen molar-refractivity contribution in [2.24, 2.45) is 11.3 Å². The molecule has 0 bridgehead atoms. The second-order valence-electron chi connectivity index (χ2n) is 7.43. The lowest BCUT2D eigenvalue weighted by atomic mass is 9.76. The first-order chi connectivity index (χ1) is 11.3. The van der Waals surface area contributed by atoms with E-state index in [0.717, 1.165) is 12.0 Å². The number of rotatable bonds is 4. The molecule has 3 atom stereocenters. The van der Waals surface area contributed by atoms with Gasteiger partial charge in [-0.3, -0.25) is 9.59 Å². The number of aliphatic carboxylic acids is 1. The van der Waals surface area contributed by atoms with E-state index in [-0.39, 0.29) is 36.6 Å². The molecule has 3 fully saturated rings. The Bertz CT molecular complexity index is 695. The molecule has 0 aliphatic heterocycles. The summed E-state index contributed by atoms with van der Waals surface area (Å²) >= 11 is 0. The first kappa shape index (κ1) is 15.5. The number of benzene rings is 1. The van der Waals surface area contributed by atoms with Crippen LogP contribution in [0.4, 0.5) is 8.78 Å². The fourth-order valence-electron chi connectivity index (χ4n) is 4.42. The van der Waals surface area contributed by atoms with Crippen LogP contribution in [0, 0.1) is 11.3 Å². The zero-order valence-corrected chi connectivity index (χ0v) is 13.1. The summed E-state index contributed by atoms with van der Waals surface area (Å²) in [5.74, 6) is -3.64. The van der Waals surface area contributed by atoms with Gasteiger partial charge in [-0.2, -0.15) is 0 Å². The fraction of sp³-hybridized carbons (Fsp3) is 0.556. The highest BCUT2D eigenvalue weighted by molar-refractivity contribution is 5.95. The van der Waals surface area contributed by atoms with E-state index in [4.69, 9.17) is 0 Å². The second kappa shape index (κ2) is 5.01. The summed E-state index contributed by atoms with van der Waals surface area (Å²) in [6, 6.07) is 6.38. The van der Waals surface area contributed by atoms with Crippen LogP contribution in [0.3, 0.4) is 0 Å². The van der Waals surface area contributed by atoms with Gasteiger partial charge >= 0.3 is 5.97 Å². The van der Waals surface area contributed by atoms with Crippen molar-refractivity contribution in [1.29, 1.82) is 0 Å². The molecule has 3 saturated carbocycles. The van der Waals surface area contributed by atoms with Gasteiger partial charge in [0.1, 0.15) is 0 Å². The van der Waals surface area contributed by atoms with Gasteiger partial charge in [0.25, 0.3) is 5.91 Å². The number of hydrogen-bond donors (Lipinski definition) is 2. The van der Waals surface area contributed by atoms with Crippen LogP contribution in [-0.2, 0) is 4.79 Å². The molecular formula is C18H19F2NO3. The van der Waals surface area contributed by atoms with Crippen LogP contribution in [0.2, 0.25) is 0 Å². The van der Waals surface area contributed by atoms with Crippen molar-refractivity contribution in [1.82, 2.24) is 5.32 Å². The van der Waals surface area contributed by atoms with Crippen LogP contribution >= 0.6 is 0 Å². The molecule has 0 heterocycles. The van der Waals surface area contributed by atoms with E-state index in [1.165, 1.54) is 0 Å². The van der Waals surface area contributed by atoms with Crippen molar-refractivity contribution in [3.63, 3.8) is 0 Å². The van der Waals surface area contributed by atoms with Crippen molar-refractivity contribution in [2.45, 2.75) is 50.0 Å². The Morgan fingerprint density at radius 2 is 1.75 bits per heavy atom. The number of alkyl halides is 2. The van der Waals surface area contributed by atoms with E-state index in [1.54, 1.807) is 24.3 Å². The molecular weight excluding hydrogens is 316 g/mol. The van der Waals surface area contributed by atoms with Gasteiger partial charge in [0.2, 0.25) is 5.92 Å². The first-order valence-electron chi connectivity index (χ1n) is 8.34. The number of hydrogen-bond acceptors (Lipinski definition) is 2. The number of carbonyl (C=O) groups excluding carboxylic acids is 1. The molecule has 6 heteroatoms. The highest BCUT2D eigenvalue weighted by Gasteiger charge is 2.68. The summed E-state index contributed by atoms with van der Waals surface area (Å²) in [6.45, 7) is 0. The Morgan fingerprint density at radius 1 is 1.08 bits per heavy atom. The molecule has 1 aromatic rings. The maximum atomic E-state index is 12.9. The minimum absolute atomic E-state index is 0.136. The van der Waals surface area contributed by atoms with Crippen molar-refractivity contribution in [3.8, 4) is 0 Å². The Hall–Kier alpha value is -1.98. The van der Waals surface area contributed by atoms with Gasteiger partial charge in [-0.15, -0.1) is 0 Å². The second-order valence-corrected chi connectivity index (χ2v) is 7.43. The molecule has 3 aliphatic carbocycles. The standard InChI is InChI=1S/C18H19F2NO3/c19-17(20)7-12(8-17)10-1-3-11(4-2-10)15(22)21-14-6-5-13-9-18(13,14)16(23)24/h1-4,12-14H,5-9H2,(H,21,22)(H,23,24). The van der Waals surface area contributed by atoms with Gasteiger partial charge in [-0.1, -0.05) is 12.1 Å². The minimum atomic E-state index is -2.56. The lowest BCUT2D eigenvalue weighted by Crippen LogP contribution is -2.43. The van der Waals surface area contributed by atoms with Crippen molar-refractivity contribution in [3.05, 3.63) is 35.4 Å². The molecule has 0 spiro atoms. The normalized spacial score (nSPS) is 33.4. The van der Waals surface area contributed by atoms with Crippen LogP contribution < -0.4 is 5.32 Å². The maximum absolute atomic E-state index is 12.9. The van der Waals surface area contributed by atoms with E-state index >= 15 is 0 Å². The van der Waals surface area contributed by atoms with Crippen molar-refractivity contribution >= 4 is 11.9 Å². The molecule has 0 radical (unpaired) electrons. The number of fused-ring (bicyclic) bond motifs is 1. The minimum Gasteiger partial charge on any atom is -0.481 e. The molecule has 3 aliphatic rings. The number of carbonyl (C=O) groups is 2. The number of nitrogens with one attached hydrogen (secondary N) is 1. The third kappa shape index (κ3) is 2.31. The van der Waals surface area contributed by atoms with Gasteiger partial charge in [-0.05, 0) is 48.8 Å². The molecule has 0 saturated heterocycles. The lowest BCUT2D eigenvalue weighted by molar-refractivity contribution is -0.144. The lowest BCUT2D eigenvalue weighted by Gasteiger charge is -2.35. The zero-order valence-electron chi connectivity index (χ0n) is 13.1. The van der Waals surface area contributed by atoms with Gasteiger partial charge < -0.3 is 10.4 Å². The number of carboxylic acids is 1.